The summed E-state index contributed by atoms with van der Waals surface area (Å²) < 4.78 is 0. The first kappa shape index (κ1) is 22.4. The maximum absolute atomic E-state index is 11.7. The molecule has 3 heteroatoms. The van der Waals surface area contributed by atoms with Crippen molar-refractivity contribution < 1.29 is 4.79 Å². The van der Waals surface area contributed by atoms with Crippen molar-refractivity contribution in [2.75, 3.05) is 27.2 Å². The second kappa shape index (κ2) is 17.8. The highest BCUT2D eigenvalue weighted by molar-refractivity contribution is 5.75. The number of hydrogen-bond acceptors (Lipinski definition) is 2. The highest BCUT2D eigenvalue weighted by Crippen LogP contribution is 2.10. The molecule has 0 unspecified atom stereocenters. The Morgan fingerprint density at radius 2 is 1.26 bits per heavy atom. The summed E-state index contributed by atoms with van der Waals surface area (Å²) in [7, 11) is 4.19. The van der Waals surface area contributed by atoms with Gasteiger partial charge >= 0.3 is 0 Å². The fourth-order valence-corrected chi connectivity index (χ4v) is 2.82. The molecule has 0 aromatic rings. The zero-order chi connectivity index (χ0) is 17.2. The van der Waals surface area contributed by atoms with Crippen molar-refractivity contribution in [3.8, 4) is 0 Å². The van der Waals surface area contributed by atoms with E-state index in [4.69, 9.17) is 0 Å². The molecule has 23 heavy (non-hydrogen) atoms. The van der Waals surface area contributed by atoms with Gasteiger partial charge < -0.3 is 10.2 Å². The van der Waals surface area contributed by atoms with E-state index in [1.807, 2.05) is 0 Å². The fraction of sp³-hybridized carbons (Fsp3) is 0.950. The molecule has 138 valence electrons. The van der Waals surface area contributed by atoms with E-state index in [-0.39, 0.29) is 5.91 Å². The molecule has 1 amide bonds. The van der Waals surface area contributed by atoms with Crippen molar-refractivity contribution in [1.82, 2.24) is 10.2 Å². The molecule has 0 bridgehead atoms. The molecular formula is C20H42N2O. The van der Waals surface area contributed by atoms with E-state index in [9.17, 15) is 4.79 Å². The summed E-state index contributed by atoms with van der Waals surface area (Å²) in [6.45, 7) is 4.26. The standard InChI is InChI=1S/C20H42N2O/c1-4-5-6-7-8-9-10-11-12-15-18-21-20(23)17-14-13-16-19-22(2)3/h4-19H2,1-3H3,(H,21,23). The zero-order valence-electron chi connectivity index (χ0n) is 16.2. The van der Waals surface area contributed by atoms with Crippen LogP contribution in [0.1, 0.15) is 96.8 Å². The Kier molecular flexibility index (Phi) is 17.3. The van der Waals surface area contributed by atoms with Gasteiger partial charge in [0.25, 0.3) is 0 Å². The number of unbranched alkanes of at least 4 members (excludes halogenated alkanes) is 11. The number of nitrogens with zero attached hydrogens (tertiary/aromatic N) is 1. The summed E-state index contributed by atoms with van der Waals surface area (Å²) in [6.07, 6.45) is 17.5. The lowest BCUT2D eigenvalue weighted by Crippen LogP contribution is -2.24. The van der Waals surface area contributed by atoms with Crippen molar-refractivity contribution in [2.24, 2.45) is 0 Å². The molecule has 3 nitrogen and oxygen atoms in total. The van der Waals surface area contributed by atoms with Gasteiger partial charge in [0.1, 0.15) is 0 Å². The molecule has 0 rings (SSSR count). The molecule has 0 aromatic heterocycles. The molecule has 0 spiro atoms. The van der Waals surface area contributed by atoms with Gasteiger partial charge in [0, 0.05) is 13.0 Å². The van der Waals surface area contributed by atoms with Gasteiger partial charge in [-0.15, -0.1) is 0 Å². The molecule has 0 saturated heterocycles. The third-order valence-electron chi connectivity index (χ3n) is 4.36. The Bertz CT molecular complexity index is 254. The van der Waals surface area contributed by atoms with Crippen LogP contribution in [0.2, 0.25) is 0 Å². The van der Waals surface area contributed by atoms with Crippen LogP contribution < -0.4 is 5.32 Å². The van der Waals surface area contributed by atoms with Gasteiger partial charge in [-0.2, -0.15) is 0 Å². The van der Waals surface area contributed by atoms with Crippen molar-refractivity contribution in [3.05, 3.63) is 0 Å². The summed E-state index contributed by atoms with van der Waals surface area (Å²) in [4.78, 5) is 13.9. The van der Waals surface area contributed by atoms with Crippen molar-refractivity contribution in [1.29, 1.82) is 0 Å². The summed E-state index contributed by atoms with van der Waals surface area (Å²) >= 11 is 0. The zero-order valence-corrected chi connectivity index (χ0v) is 16.2. The van der Waals surface area contributed by atoms with Gasteiger partial charge in [0.2, 0.25) is 5.91 Å². The lowest BCUT2D eigenvalue weighted by atomic mass is 10.1. The minimum absolute atomic E-state index is 0.241. The van der Waals surface area contributed by atoms with Gasteiger partial charge in [-0.3, -0.25) is 4.79 Å². The Balaban J connectivity index is 3.14. The Hall–Kier alpha value is -0.570. The molecule has 1 N–H and O–H groups in total. The van der Waals surface area contributed by atoms with Gasteiger partial charge in [-0.25, -0.2) is 0 Å². The normalized spacial score (nSPS) is 11.1. The molecule has 0 saturated carbocycles. The van der Waals surface area contributed by atoms with E-state index in [0.717, 1.165) is 32.4 Å². The third kappa shape index (κ3) is 19.4. The van der Waals surface area contributed by atoms with Gasteiger partial charge in [-0.1, -0.05) is 71.1 Å². The molecule has 0 fully saturated rings. The summed E-state index contributed by atoms with van der Waals surface area (Å²) in [5, 5.41) is 3.06. The summed E-state index contributed by atoms with van der Waals surface area (Å²) in [5.74, 6) is 0.241. The van der Waals surface area contributed by atoms with E-state index in [1.165, 1.54) is 64.2 Å². The van der Waals surface area contributed by atoms with Crippen LogP contribution in [0.25, 0.3) is 0 Å². The van der Waals surface area contributed by atoms with Crippen LogP contribution in [0, 0.1) is 0 Å². The number of amides is 1. The average molecular weight is 327 g/mol. The molecule has 0 aromatic carbocycles. The van der Waals surface area contributed by atoms with E-state index in [2.05, 4.69) is 31.2 Å². The van der Waals surface area contributed by atoms with E-state index >= 15 is 0 Å². The number of hydrogen-bond donors (Lipinski definition) is 1. The van der Waals surface area contributed by atoms with Crippen LogP contribution in [0.15, 0.2) is 0 Å². The van der Waals surface area contributed by atoms with Crippen LogP contribution in [0.3, 0.4) is 0 Å². The molecule has 0 radical (unpaired) electrons. The first-order chi connectivity index (χ1) is 11.2. The lowest BCUT2D eigenvalue weighted by molar-refractivity contribution is -0.121. The van der Waals surface area contributed by atoms with Crippen molar-refractivity contribution in [3.63, 3.8) is 0 Å². The Labute approximate surface area is 145 Å². The van der Waals surface area contributed by atoms with Crippen molar-refractivity contribution >= 4 is 5.91 Å². The summed E-state index contributed by atoms with van der Waals surface area (Å²) in [5.41, 5.74) is 0. The van der Waals surface area contributed by atoms with Crippen LogP contribution >= 0.6 is 0 Å². The third-order valence-corrected chi connectivity index (χ3v) is 4.36. The molecule has 0 heterocycles. The predicted octanol–water partition coefficient (Wildman–Crippen LogP) is 5.15. The van der Waals surface area contributed by atoms with E-state index in [1.54, 1.807) is 0 Å². The highest BCUT2D eigenvalue weighted by Gasteiger charge is 2.00. The maximum atomic E-state index is 11.7. The molecule has 0 aliphatic carbocycles. The van der Waals surface area contributed by atoms with Gasteiger partial charge in [0.15, 0.2) is 0 Å². The molecule has 0 aliphatic rings. The minimum atomic E-state index is 0.241. The number of carbonyl (C=O) groups is 1. The Morgan fingerprint density at radius 1 is 0.739 bits per heavy atom. The SMILES string of the molecule is CCCCCCCCCCCCNC(=O)CCCCCN(C)C. The molecule has 0 atom stereocenters. The summed E-state index contributed by atoms with van der Waals surface area (Å²) in [6, 6.07) is 0. The maximum Gasteiger partial charge on any atom is 0.219 e. The fourth-order valence-electron chi connectivity index (χ4n) is 2.82. The van der Waals surface area contributed by atoms with Crippen LogP contribution in [-0.2, 0) is 4.79 Å². The van der Waals surface area contributed by atoms with Crippen molar-refractivity contribution in [2.45, 2.75) is 96.8 Å². The van der Waals surface area contributed by atoms with Crippen LogP contribution in [-0.4, -0.2) is 38.0 Å². The Morgan fingerprint density at radius 3 is 1.83 bits per heavy atom. The molecular weight excluding hydrogens is 284 g/mol. The first-order valence-corrected chi connectivity index (χ1v) is 10.1. The smallest absolute Gasteiger partial charge is 0.219 e. The minimum Gasteiger partial charge on any atom is -0.356 e. The van der Waals surface area contributed by atoms with Gasteiger partial charge in [0.05, 0.1) is 0 Å². The number of carbonyl (C=O) groups excluding carboxylic acids is 1. The number of nitrogens with one attached hydrogen (secondary N) is 1. The average Bonchev–Trinajstić information content (AvgIpc) is 2.52. The lowest BCUT2D eigenvalue weighted by Gasteiger charge is -2.09. The largest absolute Gasteiger partial charge is 0.356 e. The highest BCUT2D eigenvalue weighted by atomic mass is 16.1. The van der Waals surface area contributed by atoms with Crippen LogP contribution in [0.4, 0.5) is 0 Å². The molecule has 0 aliphatic heterocycles. The quantitative estimate of drug-likeness (QED) is 0.375. The first-order valence-electron chi connectivity index (χ1n) is 10.1. The monoisotopic (exact) mass is 326 g/mol. The van der Waals surface area contributed by atoms with E-state index < -0.39 is 0 Å². The van der Waals surface area contributed by atoms with E-state index in [0.29, 0.717) is 6.42 Å². The van der Waals surface area contributed by atoms with Gasteiger partial charge in [-0.05, 0) is 39.9 Å². The second-order valence-electron chi connectivity index (χ2n) is 7.15. The topological polar surface area (TPSA) is 32.3 Å². The second-order valence-corrected chi connectivity index (χ2v) is 7.15. The number of rotatable bonds is 17. The van der Waals surface area contributed by atoms with Crippen LogP contribution in [0.5, 0.6) is 0 Å². The predicted molar refractivity (Wildman–Crippen MR) is 102 cm³/mol.